The van der Waals surface area contributed by atoms with Gasteiger partial charge < -0.3 is 20.9 Å². The molecule has 1 unspecified atom stereocenters. The average molecular weight is 648 g/mol. The highest BCUT2D eigenvalue weighted by Crippen LogP contribution is 2.34. The van der Waals surface area contributed by atoms with Gasteiger partial charge in [-0.2, -0.15) is 0 Å². The molecular formula is C33H41Cl2FN4O2S. The van der Waals surface area contributed by atoms with Crippen molar-refractivity contribution in [3.05, 3.63) is 80.1 Å². The first-order valence-corrected chi connectivity index (χ1v) is 16.2. The van der Waals surface area contributed by atoms with Gasteiger partial charge in [0.2, 0.25) is 0 Å². The third-order valence-electron chi connectivity index (χ3n) is 7.29. The van der Waals surface area contributed by atoms with Crippen molar-refractivity contribution in [2.45, 2.75) is 63.3 Å². The SMILES string of the molecule is CCCCNC(=O)c1c(C)[nH]c(/C=C(\C=O)c2cc(SCc3c(Cl)cccc3Cl)ccc2N)c1C.CN1CCCC(F)C1. The smallest absolute Gasteiger partial charge is 0.253 e. The van der Waals surface area contributed by atoms with Gasteiger partial charge in [-0.15, -0.1) is 11.8 Å². The molecular weight excluding hydrogens is 606 g/mol. The summed E-state index contributed by atoms with van der Waals surface area (Å²) in [6, 6.07) is 11.0. The van der Waals surface area contributed by atoms with Crippen molar-refractivity contribution < 1.29 is 14.0 Å². The second-order valence-electron chi connectivity index (χ2n) is 10.7. The van der Waals surface area contributed by atoms with Gasteiger partial charge >= 0.3 is 0 Å². The summed E-state index contributed by atoms with van der Waals surface area (Å²) in [7, 11) is 1.96. The van der Waals surface area contributed by atoms with Crippen molar-refractivity contribution in [1.82, 2.24) is 15.2 Å². The standard InChI is InChI=1S/C27H29Cl2N3O2S.C6H12FN/c1-4-5-11-31-27(34)26-16(2)25(32-17(26)3)12-18(14-33)20-13-19(9-10-24(20)30)35-15-21-22(28)7-6-8-23(21)29;1-8-4-2-3-6(7)5-8/h6-10,12-14,32H,4-5,11,15,30H2,1-3H3,(H,31,34);6H,2-5H2,1H3/b18-12+;. The zero-order chi connectivity index (χ0) is 31.5. The van der Waals surface area contributed by atoms with Gasteiger partial charge in [0.1, 0.15) is 6.17 Å². The van der Waals surface area contributed by atoms with E-state index in [0.29, 0.717) is 57.0 Å². The zero-order valence-electron chi connectivity index (χ0n) is 25.2. The molecule has 3 aromatic rings. The first kappa shape index (κ1) is 34.7. The maximum atomic E-state index is 12.7. The summed E-state index contributed by atoms with van der Waals surface area (Å²) >= 11 is 14.1. The van der Waals surface area contributed by atoms with Crippen LogP contribution in [-0.2, 0) is 10.5 Å². The molecule has 0 aliphatic carbocycles. The number of likely N-dealkylation sites (tertiary alicyclic amines) is 1. The van der Waals surface area contributed by atoms with Crippen LogP contribution in [0.5, 0.6) is 0 Å². The van der Waals surface area contributed by atoms with E-state index >= 15 is 0 Å². The second kappa shape index (κ2) is 16.9. The number of benzene rings is 2. The van der Waals surface area contributed by atoms with Crippen molar-refractivity contribution in [1.29, 1.82) is 0 Å². The molecule has 0 saturated carbocycles. The highest BCUT2D eigenvalue weighted by Gasteiger charge is 2.18. The van der Waals surface area contributed by atoms with Gasteiger partial charge in [0.25, 0.3) is 5.91 Å². The number of nitrogens with zero attached hydrogens (tertiary/aromatic N) is 1. The predicted molar refractivity (Wildman–Crippen MR) is 180 cm³/mol. The molecule has 1 aliphatic rings. The molecule has 1 fully saturated rings. The third-order valence-corrected chi connectivity index (χ3v) is 9.02. The second-order valence-corrected chi connectivity index (χ2v) is 12.6. The van der Waals surface area contributed by atoms with E-state index in [4.69, 9.17) is 28.9 Å². The molecule has 0 radical (unpaired) electrons. The summed E-state index contributed by atoms with van der Waals surface area (Å²) in [4.78, 5) is 31.0. The van der Waals surface area contributed by atoms with Gasteiger partial charge in [0, 0.05) is 62.0 Å². The number of nitrogen functional groups attached to an aromatic ring is 1. The molecule has 10 heteroatoms. The topological polar surface area (TPSA) is 91.2 Å². The van der Waals surface area contributed by atoms with E-state index in [9.17, 15) is 14.0 Å². The number of carbonyl (C=O) groups excluding carboxylic acids is 2. The molecule has 2 aromatic carbocycles. The Labute approximate surface area is 268 Å². The summed E-state index contributed by atoms with van der Waals surface area (Å²) in [5.41, 5.74) is 11.5. The maximum Gasteiger partial charge on any atom is 0.253 e. The van der Waals surface area contributed by atoms with E-state index in [-0.39, 0.29) is 5.91 Å². The Hall–Kier alpha value is -2.78. The molecule has 1 amide bonds. The molecule has 1 atom stereocenters. The van der Waals surface area contributed by atoms with Gasteiger partial charge in [-0.1, -0.05) is 42.6 Å². The van der Waals surface area contributed by atoms with Crippen LogP contribution in [0.3, 0.4) is 0 Å². The number of nitrogens with two attached hydrogens (primary N) is 1. The molecule has 43 heavy (non-hydrogen) atoms. The molecule has 1 aromatic heterocycles. The first-order valence-electron chi connectivity index (χ1n) is 14.5. The lowest BCUT2D eigenvalue weighted by Gasteiger charge is -2.24. The van der Waals surface area contributed by atoms with Crippen molar-refractivity contribution in [2.24, 2.45) is 0 Å². The number of anilines is 1. The number of aldehydes is 1. The molecule has 0 bridgehead atoms. The lowest BCUT2D eigenvalue weighted by molar-refractivity contribution is -0.103. The van der Waals surface area contributed by atoms with Crippen LogP contribution < -0.4 is 11.1 Å². The van der Waals surface area contributed by atoms with Gasteiger partial charge in [-0.25, -0.2) is 4.39 Å². The number of thioether (sulfide) groups is 1. The Kier molecular flexibility index (Phi) is 13.6. The Morgan fingerprint density at radius 3 is 2.56 bits per heavy atom. The normalized spacial score (nSPS) is 15.5. The zero-order valence-corrected chi connectivity index (χ0v) is 27.6. The number of allylic oxidation sites excluding steroid dienone is 1. The molecule has 4 rings (SSSR count). The lowest BCUT2D eigenvalue weighted by Crippen LogP contribution is -2.32. The number of rotatable bonds is 10. The van der Waals surface area contributed by atoms with Gasteiger partial charge in [-0.3, -0.25) is 9.59 Å². The van der Waals surface area contributed by atoms with E-state index in [1.165, 1.54) is 0 Å². The van der Waals surface area contributed by atoms with Crippen LogP contribution in [0.4, 0.5) is 10.1 Å². The van der Waals surface area contributed by atoms with E-state index in [1.807, 2.05) is 56.1 Å². The lowest BCUT2D eigenvalue weighted by atomic mass is 10.0. The number of halogens is 3. The van der Waals surface area contributed by atoms with Gasteiger partial charge in [-0.05, 0) is 94.2 Å². The summed E-state index contributed by atoms with van der Waals surface area (Å²) in [5.74, 6) is 0.459. The Balaban J connectivity index is 0.000000546. The number of hydrogen-bond acceptors (Lipinski definition) is 5. The molecule has 6 nitrogen and oxygen atoms in total. The molecule has 1 saturated heterocycles. The minimum Gasteiger partial charge on any atom is -0.398 e. The number of aryl methyl sites for hydroxylation is 1. The van der Waals surface area contributed by atoms with Crippen molar-refractivity contribution in [3.63, 3.8) is 0 Å². The number of unbranched alkanes of at least 4 members (excludes halogenated alkanes) is 1. The van der Waals surface area contributed by atoms with Crippen molar-refractivity contribution in [3.8, 4) is 0 Å². The molecule has 4 N–H and O–H groups in total. The summed E-state index contributed by atoms with van der Waals surface area (Å²) in [6.07, 6.45) is 5.68. The largest absolute Gasteiger partial charge is 0.398 e. The summed E-state index contributed by atoms with van der Waals surface area (Å²) < 4.78 is 12.4. The van der Waals surface area contributed by atoms with Crippen LogP contribution in [-0.4, -0.2) is 54.9 Å². The van der Waals surface area contributed by atoms with Crippen LogP contribution in [0.1, 0.15) is 71.0 Å². The summed E-state index contributed by atoms with van der Waals surface area (Å²) in [6.45, 7) is 8.14. The van der Waals surface area contributed by atoms with E-state index < -0.39 is 6.17 Å². The highest BCUT2D eigenvalue weighted by atomic mass is 35.5. The van der Waals surface area contributed by atoms with Crippen LogP contribution in [0.25, 0.3) is 11.6 Å². The number of amides is 1. The van der Waals surface area contributed by atoms with E-state index in [0.717, 1.165) is 60.2 Å². The fourth-order valence-electron chi connectivity index (χ4n) is 4.86. The predicted octanol–water partition coefficient (Wildman–Crippen LogP) is 8.13. The fraction of sp³-hybridized carbons (Fsp3) is 0.394. The maximum absolute atomic E-state index is 12.7. The minimum absolute atomic E-state index is 0.117. The Bertz CT molecular complexity index is 1410. The average Bonchev–Trinajstić information content (AvgIpc) is 3.24. The number of alkyl halides is 1. The number of aromatic amines is 1. The number of nitrogens with one attached hydrogen (secondary N) is 2. The third kappa shape index (κ3) is 9.86. The monoisotopic (exact) mass is 646 g/mol. The highest BCUT2D eigenvalue weighted by molar-refractivity contribution is 7.98. The summed E-state index contributed by atoms with van der Waals surface area (Å²) in [5, 5.41) is 4.18. The molecule has 2 heterocycles. The Morgan fingerprint density at radius 1 is 1.23 bits per heavy atom. The van der Waals surface area contributed by atoms with Crippen molar-refractivity contribution in [2.75, 3.05) is 32.4 Å². The molecule has 0 spiro atoms. The van der Waals surface area contributed by atoms with Crippen LogP contribution in [0, 0.1) is 13.8 Å². The number of aromatic nitrogens is 1. The van der Waals surface area contributed by atoms with Crippen LogP contribution in [0.2, 0.25) is 10.0 Å². The van der Waals surface area contributed by atoms with Gasteiger partial charge in [0.05, 0.1) is 5.56 Å². The molecule has 232 valence electrons. The fourth-order valence-corrected chi connectivity index (χ4v) is 6.54. The van der Waals surface area contributed by atoms with Crippen LogP contribution in [0.15, 0.2) is 41.3 Å². The quantitative estimate of drug-likeness (QED) is 0.0680. The van der Waals surface area contributed by atoms with Crippen molar-refractivity contribution >= 4 is 64.5 Å². The molecule has 1 aliphatic heterocycles. The number of carbonyl (C=O) groups is 2. The number of piperidine rings is 1. The van der Waals surface area contributed by atoms with Crippen LogP contribution >= 0.6 is 35.0 Å². The van der Waals surface area contributed by atoms with E-state index in [1.54, 1.807) is 23.9 Å². The minimum atomic E-state index is -0.561. The number of H-pyrrole nitrogens is 1. The van der Waals surface area contributed by atoms with Gasteiger partial charge in [0.15, 0.2) is 6.29 Å². The first-order chi connectivity index (χ1) is 20.5. The van der Waals surface area contributed by atoms with E-state index in [2.05, 4.69) is 17.2 Å². The Morgan fingerprint density at radius 2 is 1.95 bits per heavy atom. The number of hydrogen-bond donors (Lipinski definition) is 3.